The van der Waals surface area contributed by atoms with Gasteiger partial charge < -0.3 is 5.32 Å². The summed E-state index contributed by atoms with van der Waals surface area (Å²) >= 11 is 0. The van der Waals surface area contributed by atoms with Gasteiger partial charge in [0.1, 0.15) is 0 Å². The minimum Gasteiger partial charge on any atom is -0.326 e. The van der Waals surface area contributed by atoms with Crippen LogP contribution >= 0.6 is 0 Å². The van der Waals surface area contributed by atoms with Crippen LogP contribution in [0.2, 0.25) is 0 Å². The first-order chi connectivity index (χ1) is 8.54. The van der Waals surface area contributed by atoms with Crippen molar-refractivity contribution < 1.29 is 13.2 Å². The molecule has 96 valence electrons. The maximum absolute atomic E-state index is 11.7. The van der Waals surface area contributed by atoms with Crippen molar-refractivity contribution in [3.63, 3.8) is 0 Å². The molecule has 2 aliphatic heterocycles. The van der Waals surface area contributed by atoms with Crippen molar-refractivity contribution in [2.24, 2.45) is 0 Å². The summed E-state index contributed by atoms with van der Waals surface area (Å²) in [6, 6.07) is 5.64. The minimum absolute atomic E-state index is 0.00376. The van der Waals surface area contributed by atoms with Gasteiger partial charge in [-0.15, -0.1) is 0 Å². The van der Waals surface area contributed by atoms with Crippen LogP contribution < -0.4 is 5.32 Å². The lowest BCUT2D eigenvalue weighted by molar-refractivity contribution is -0.115. The predicted octanol–water partition coefficient (Wildman–Crippen LogP) is 0.717. The van der Waals surface area contributed by atoms with Crippen LogP contribution in [0.4, 0.5) is 5.69 Å². The zero-order valence-electron chi connectivity index (χ0n) is 9.85. The van der Waals surface area contributed by atoms with Crippen molar-refractivity contribution in [2.45, 2.75) is 19.4 Å². The maximum atomic E-state index is 11.7. The van der Waals surface area contributed by atoms with Gasteiger partial charge in [-0.05, 0) is 23.6 Å². The maximum Gasteiger partial charge on any atom is 0.228 e. The smallest absolute Gasteiger partial charge is 0.228 e. The van der Waals surface area contributed by atoms with Crippen molar-refractivity contribution >= 4 is 21.6 Å². The van der Waals surface area contributed by atoms with Crippen LogP contribution in [0, 0.1) is 0 Å². The average molecular weight is 266 g/mol. The number of rotatable bonds is 2. The van der Waals surface area contributed by atoms with Gasteiger partial charge in [-0.1, -0.05) is 12.1 Å². The Bertz CT molecular complexity index is 610. The second-order valence-corrected chi connectivity index (χ2v) is 6.81. The quantitative estimate of drug-likeness (QED) is 0.857. The number of sulfonamides is 1. The Morgan fingerprint density at radius 3 is 2.89 bits per heavy atom. The number of amides is 1. The van der Waals surface area contributed by atoms with Crippen LogP contribution in [0.15, 0.2) is 18.2 Å². The number of hydrogen-bond donors (Lipinski definition) is 1. The molecule has 0 radical (unpaired) electrons. The molecule has 0 atom stereocenters. The zero-order chi connectivity index (χ0) is 12.8. The fourth-order valence-electron chi connectivity index (χ4n) is 2.45. The van der Waals surface area contributed by atoms with E-state index in [1.54, 1.807) is 0 Å². The van der Waals surface area contributed by atoms with Gasteiger partial charge in [0.05, 0.1) is 12.2 Å². The Hall–Kier alpha value is -1.40. The summed E-state index contributed by atoms with van der Waals surface area (Å²) in [5.74, 6) is 0.244. The van der Waals surface area contributed by atoms with Gasteiger partial charge in [0.2, 0.25) is 15.9 Å². The summed E-state index contributed by atoms with van der Waals surface area (Å²) in [6.45, 7) is 1.00. The molecule has 1 saturated heterocycles. The van der Waals surface area contributed by atoms with Crippen LogP contribution in [-0.2, 0) is 27.8 Å². The Balaban J connectivity index is 1.83. The van der Waals surface area contributed by atoms with E-state index in [1.165, 1.54) is 4.31 Å². The number of nitrogens with one attached hydrogen (secondary N) is 1. The first-order valence-corrected chi connectivity index (χ1v) is 7.55. The van der Waals surface area contributed by atoms with Gasteiger partial charge in [0.25, 0.3) is 0 Å². The van der Waals surface area contributed by atoms with Crippen LogP contribution in [0.25, 0.3) is 0 Å². The lowest BCUT2D eigenvalue weighted by Crippen LogP contribution is -2.25. The fraction of sp³-hybridized carbons (Fsp3) is 0.417. The third-order valence-corrected chi connectivity index (χ3v) is 5.26. The van der Waals surface area contributed by atoms with E-state index in [-0.39, 0.29) is 11.7 Å². The zero-order valence-corrected chi connectivity index (χ0v) is 10.7. The monoisotopic (exact) mass is 266 g/mol. The highest BCUT2D eigenvalue weighted by Crippen LogP contribution is 2.25. The molecule has 1 amide bonds. The van der Waals surface area contributed by atoms with Crippen molar-refractivity contribution in [1.29, 1.82) is 0 Å². The fourth-order valence-corrected chi connectivity index (χ4v) is 3.96. The Kier molecular flexibility index (Phi) is 2.64. The molecule has 0 spiro atoms. The first-order valence-electron chi connectivity index (χ1n) is 5.94. The number of benzene rings is 1. The van der Waals surface area contributed by atoms with E-state index in [2.05, 4.69) is 5.32 Å². The molecule has 18 heavy (non-hydrogen) atoms. The molecule has 5 nitrogen and oxygen atoms in total. The number of anilines is 1. The molecular formula is C12H14N2O3S. The molecule has 2 heterocycles. The highest BCUT2D eigenvalue weighted by atomic mass is 32.2. The third kappa shape index (κ3) is 2.02. The summed E-state index contributed by atoms with van der Waals surface area (Å²) in [4.78, 5) is 11.2. The van der Waals surface area contributed by atoms with Gasteiger partial charge in [0, 0.05) is 18.8 Å². The number of nitrogens with zero attached hydrogens (tertiary/aromatic N) is 1. The second-order valence-electron chi connectivity index (χ2n) is 4.72. The molecule has 0 aliphatic carbocycles. The van der Waals surface area contributed by atoms with Crippen molar-refractivity contribution in [2.75, 3.05) is 17.6 Å². The van der Waals surface area contributed by atoms with Crippen molar-refractivity contribution in [3.05, 3.63) is 29.3 Å². The molecule has 1 aromatic carbocycles. The minimum atomic E-state index is -3.06. The van der Waals surface area contributed by atoms with E-state index in [1.807, 2.05) is 18.2 Å². The normalized spacial score (nSPS) is 21.9. The SMILES string of the molecule is O=C1Cc2cc(CN3CCCS3(=O)=O)ccc2N1. The lowest BCUT2D eigenvalue weighted by atomic mass is 10.1. The van der Waals surface area contributed by atoms with E-state index in [0.717, 1.165) is 16.8 Å². The van der Waals surface area contributed by atoms with Crippen LogP contribution in [-0.4, -0.2) is 30.9 Å². The Morgan fingerprint density at radius 1 is 1.33 bits per heavy atom. The standard InChI is InChI=1S/C12H14N2O3S/c15-12-7-10-6-9(2-3-11(10)13-12)8-14-4-1-5-18(14,16)17/h2-3,6H,1,4-5,7-8H2,(H,13,15). The molecule has 0 bridgehead atoms. The highest BCUT2D eigenvalue weighted by Gasteiger charge is 2.28. The van der Waals surface area contributed by atoms with E-state index in [0.29, 0.717) is 25.9 Å². The summed E-state index contributed by atoms with van der Waals surface area (Å²) in [7, 11) is -3.06. The average Bonchev–Trinajstić information content (AvgIpc) is 2.81. The van der Waals surface area contributed by atoms with Crippen molar-refractivity contribution in [3.8, 4) is 0 Å². The molecule has 0 aromatic heterocycles. The molecule has 6 heteroatoms. The Labute approximate surface area is 106 Å². The van der Waals surface area contributed by atoms with Gasteiger partial charge in [0.15, 0.2) is 0 Å². The summed E-state index contributed by atoms with van der Waals surface area (Å²) in [5, 5.41) is 2.76. The molecule has 3 rings (SSSR count). The summed E-state index contributed by atoms with van der Waals surface area (Å²) in [6.07, 6.45) is 1.09. The Morgan fingerprint density at radius 2 is 2.17 bits per heavy atom. The molecule has 2 aliphatic rings. The van der Waals surface area contributed by atoms with Crippen LogP contribution in [0.3, 0.4) is 0 Å². The molecule has 1 N–H and O–H groups in total. The summed E-state index contributed by atoms with van der Waals surface area (Å²) < 4.78 is 24.9. The molecular weight excluding hydrogens is 252 g/mol. The van der Waals surface area contributed by atoms with E-state index in [9.17, 15) is 13.2 Å². The number of carbonyl (C=O) groups excluding carboxylic acids is 1. The van der Waals surface area contributed by atoms with Gasteiger partial charge in [-0.3, -0.25) is 4.79 Å². The van der Waals surface area contributed by atoms with Crippen LogP contribution in [0.1, 0.15) is 17.5 Å². The number of carbonyl (C=O) groups is 1. The van der Waals surface area contributed by atoms with E-state index in [4.69, 9.17) is 0 Å². The predicted molar refractivity (Wildman–Crippen MR) is 67.6 cm³/mol. The lowest BCUT2D eigenvalue weighted by Gasteiger charge is -2.14. The molecule has 0 unspecified atom stereocenters. The number of fused-ring (bicyclic) bond motifs is 1. The van der Waals surface area contributed by atoms with E-state index >= 15 is 0 Å². The first kappa shape index (κ1) is 11.7. The molecule has 0 saturated carbocycles. The molecule has 1 aromatic rings. The van der Waals surface area contributed by atoms with Crippen molar-refractivity contribution in [1.82, 2.24) is 4.31 Å². The van der Waals surface area contributed by atoms with Gasteiger partial charge in [-0.25, -0.2) is 8.42 Å². The highest BCUT2D eigenvalue weighted by molar-refractivity contribution is 7.89. The summed E-state index contributed by atoms with van der Waals surface area (Å²) in [5.41, 5.74) is 2.73. The van der Waals surface area contributed by atoms with Gasteiger partial charge in [-0.2, -0.15) is 4.31 Å². The second kappa shape index (κ2) is 4.07. The van der Waals surface area contributed by atoms with Crippen LogP contribution in [0.5, 0.6) is 0 Å². The number of hydrogen-bond acceptors (Lipinski definition) is 3. The van der Waals surface area contributed by atoms with Gasteiger partial charge >= 0.3 is 0 Å². The molecule has 1 fully saturated rings. The largest absolute Gasteiger partial charge is 0.326 e. The third-order valence-electron chi connectivity index (χ3n) is 3.36. The topological polar surface area (TPSA) is 66.5 Å². The van der Waals surface area contributed by atoms with E-state index < -0.39 is 10.0 Å².